The zero-order valence-electron chi connectivity index (χ0n) is 18.2. The monoisotopic (exact) mass is 473 g/mol. The summed E-state index contributed by atoms with van der Waals surface area (Å²) >= 11 is 0. The molecule has 0 amide bonds. The lowest BCUT2D eigenvalue weighted by Gasteiger charge is -2.16. The Labute approximate surface area is 189 Å². The number of rotatable bonds is 7. The Bertz CT molecular complexity index is 1400. The number of carbonyl (C=O) groups excluding carboxylic acids is 2. The number of nitrogens with zero attached hydrogens (tertiary/aromatic N) is 1. The van der Waals surface area contributed by atoms with Crippen LogP contribution in [0.2, 0.25) is 0 Å². The smallest absolute Gasteiger partial charge is 0.344 e. The van der Waals surface area contributed by atoms with Crippen LogP contribution >= 0.6 is 0 Å². The zero-order valence-corrected chi connectivity index (χ0v) is 19.0. The third-order valence-corrected chi connectivity index (χ3v) is 7.42. The van der Waals surface area contributed by atoms with E-state index in [0.29, 0.717) is 34.4 Å². The van der Waals surface area contributed by atoms with Crippen molar-refractivity contribution in [1.29, 1.82) is 0 Å². The van der Waals surface area contributed by atoms with E-state index >= 15 is 0 Å². The van der Waals surface area contributed by atoms with Gasteiger partial charge in [0.05, 0.1) is 11.5 Å². The maximum absolute atomic E-state index is 12.6. The van der Waals surface area contributed by atoms with Crippen molar-refractivity contribution < 1.29 is 31.9 Å². The van der Waals surface area contributed by atoms with Crippen LogP contribution in [0.15, 0.2) is 45.6 Å². The Morgan fingerprint density at radius 2 is 1.88 bits per heavy atom. The van der Waals surface area contributed by atoms with Gasteiger partial charge in [0.25, 0.3) is 0 Å². The molecule has 4 rings (SSSR count). The molecule has 2 aromatic heterocycles. The Balaban J connectivity index is 1.35. The number of aryl methyl sites for hydroxylation is 1. The summed E-state index contributed by atoms with van der Waals surface area (Å²) in [5, 5.41) is 0.711. The van der Waals surface area contributed by atoms with Gasteiger partial charge in [-0.25, -0.2) is 18.0 Å². The van der Waals surface area contributed by atoms with Crippen LogP contribution in [0.1, 0.15) is 34.2 Å². The van der Waals surface area contributed by atoms with E-state index in [0.717, 1.165) is 5.69 Å². The number of fused-ring (bicyclic) bond motifs is 1. The zero-order chi connectivity index (χ0) is 23.8. The summed E-state index contributed by atoms with van der Waals surface area (Å²) in [5.41, 5.74) is 1.68. The highest BCUT2D eigenvalue weighted by atomic mass is 32.2. The molecule has 174 valence electrons. The molecule has 1 fully saturated rings. The third-order valence-electron chi connectivity index (χ3n) is 5.67. The summed E-state index contributed by atoms with van der Waals surface area (Å²) in [4.78, 5) is 36.0. The van der Waals surface area contributed by atoms with Gasteiger partial charge >= 0.3 is 11.6 Å². The number of Topliss-reactive ketones (excluding diaryl/α,β-unsaturated/α-hetero) is 1. The first-order valence-electron chi connectivity index (χ1n) is 10.4. The van der Waals surface area contributed by atoms with E-state index in [-0.39, 0.29) is 23.3 Å². The van der Waals surface area contributed by atoms with E-state index in [1.165, 1.54) is 12.1 Å². The number of esters is 1. The summed E-state index contributed by atoms with van der Waals surface area (Å²) in [6.45, 7) is 2.70. The van der Waals surface area contributed by atoms with Crippen molar-refractivity contribution in [2.75, 3.05) is 24.7 Å². The van der Waals surface area contributed by atoms with Crippen molar-refractivity contribution >= 4 is 32.6 Å². The standard InChI is InChI=1S/C23H23NO8S/c1-14-9-19(15(2)24(14)17-7-8-33(28,29)13-17)20(25)11-31-23(27)12-30-18-5-3-16-4-6-22(26)32-21(16)10-18/h3-6,9-10,17H,7-8,11-13H2,1-2H3. The predicted octanol–water partition coefficient (Wildman–Crippen LogP) is 2.38. The molecule has 0 radical (unpaired) electrons. The fourth-order valence-corrected chi connectivity index (χ4v) is 5.84. The minimum atomic E-state index is -3.06. The Morgan fingerprint density at radius 1 is 1.12 bits per heavy atom. The van der Waals surface area contributed by atoms with Crippen LogP contribution in [-0.4, -0.2) is 49.5 Å². The average Bonchev–Trinajstić information content (AvgIpc) is 3.27. The van der Waals surface area contributed by atoms with Gasteiger partial charge in [0.15, 0.2) is 23.1 Å². The first kappa shape index (κ1) is 22.8. The second-order valence-corrected chi connectivity index (χ2v) is 10.3. The highest BCUT2D eigenvalue weighted by molar-refractivity contribution is 7.91. The largest absolute Gasteiger partial charge is 0.482 e. The highest BCUT2D eigenvalue weighted by Crippen LogP contribution is 2.29. The molecule has 0 bridgehead atoms. The van der Waals surface area contributed by atoms with Crippen LogP contribution in [0.25, 0.3) is 11.0 Å². The van der Waals surface area contributed by atoms with E-state index in [1.54, 1.807) is 31.2 Å². The third kappa shape index (κ3) is 5.00. The van der Waals surface area contributed by atoms with Gasteiger partial charge in [0.1, 0.15) is 11.3 Å². The average molecular weight is 474 g/mol. The molecule has 3 heterocycles. The van der Waals surface area contributed by atoms with Crippen LogP contribution in [0.3, 0.4) is 0 Å². The predicted molar refractivity (Wildman–Crippen MR) is 119 cm³/mol. The fraction of sp³-hybridized carbons (Fsp3) is 0.348. The molecule has 1 unspecified atom stereocenters. The quantitative estimate of drug-likeness (QED) is 0.291. The lowest BCUT2D eigenvalue weighted by Crippen LogP contribution is -2.20. The van der Waals surface area contributed by atoms with Crippen molar-refractivity contribution in [3.63, 3.8) is 0 Å². The van der Waals surface area contributed by atoms with Gasteiger partial charge in [0, 0.05) is 40.5 Å². The summed E-state index contributed by atoms with van der Waals surface area (Å²) in [6, 6.07) is 9.23. The Morgan fingerprint density at radius 3 is 2.61 bits per heavy atom. The second kappa shape index (κ2) is 8.86. The van der Waals surface area contributed by atoms with Crippen LogP contribution in [0, 0.1) is 13.8 Å². The molecular weight excluding hydrogens is 450 g/mol. The summed E-state index contributed by atoms with van der Waals surface area (Å²) < 4.78 is 41.0. The van der Waals surface area contributed by atoms with Crippen molar-refractivity contribution in [1.82, 2.24) is 4.57 Å². The maximum Gasteiger partial charge on any atom is 0.344 e. The minimum Gasteiger partial charge on any atom is -0.482 e. The van der Waals surface area contributed by atoms with E-state index in [4.69, 9.17) is 13.9 Å². The molecule has 10 heteroatoms. The molecule has 3 aromatic rings. The van der Waals surface area contributed by atoms with Crippen LogP contribution in [0.4, 0.5) is 0 Å². The molecule has 1 aliphatic rings. The number of hydrogen-bond donors (Lipinski definition) is 0. The number of benzene rings is 1. The van der Waals surface area contributed by atoms with Gasteiger partial charge in [-0.1, -0.05) is 0 Å². The maximum atomic E-state index is 12.6. The van der Waals surface area contributed by atoms with Crippen molar-refractivity contribution in [3.8, 4) is 5.75 Å². The Kier molecular flexibility index (Phi) is 6.11. The van der Waals surface area contributed by atoms with Crippen LogP contribution < -0.4 is 10.4 Å². The lowest BCUT2D eigenvalue weighted by atomic mass is 10.1. The second-order valence-electron chi connectivity index (χ2n) is 8.04. The van der Waals surface area contributed by atoms with E-state index < -0.39 is 34.6 Å². The van der Waals surface area contributed by atoms with Gasteiger partial charge in [0.2, 0.25) is 5.78 Å². The molecule has 0 spiro atoms. The first-order valence-corrected chi connectivity index (χ1v) is 12.2. The molecule has 1 atom stereocenters. The molecule has 1 aromatic carbocycles. The number of aromatic nitrogens is 1. The van der Waals surface area contributed by atoms with Crippen LogP contribution in [-0.2, 0) is 19.4 Å². The highest BCUT2D eigenvalue weighted by Gasteiger charge is 2.31. The fourth-order valence-electron chi connectivity index (χ4n) is 4.14. The SMILES string of the molecule is Cc1cc(C(=O)COC(=O)COc2ccc3ccc(=O)oc3c2)c(C)n1C1CCS(=O)(=O)C1. The van der Waals surface area contributed by atoms with Crippen molar-refractivity contribution in [2.24, 2.45) is 0 Å². The van der Waals surface area contributed by atoms with Gasteiger partial charge in [-0.3, -0.25) is 4.79 Å². The molecule has 33 heavy (non-hydrogen) atoms. The number of sulfone groups is 1. The van der Waals surface area contributed by atoms with Crippen LogP contribution in [0.5, 0.6) is 5.75 Å². The number of ether oxygens (including phenoxy) is 2. The van der Waals surface area contributed by atoms with Crippen molar-refractivity contribution in [3.05, 3.63) is 63.8 Å². The van der Waals surface area contributed by atoms with Gasteiger partial charge in [-0.15, -0.1) is 0 Å². The van der Waals surface area contributed by atoms with Gasteiger partial charge in [-0.05, 0) is 44.5 Å². The topological polar surface area (TPSA) is 122 Å². The number of carbonyl (C=O) groups is 2. The molecule has 0 N–H and O–H groups in total. The van der Waals surface area contributed by atoms with E-state index in [2.05, 4.69) is 0 Å². The first-order chi connectivity index (χ1) is 15.6. The van der Waals surface area contributed by atoms with Gasteiger partial charge in [-0.2, -0.15) is 0 Å². The number of ketones is 1. The molecule has 0 saturated carbocycles. The minimum absolute atomic E-state index is 0.0570. The van der Waals surface area contributed by atoms with Gasteiger partial charge < -0.3 is 18.5 Å². The lowest BCUT2D eigenvalue weighted by molar-refractivity contribution is -0.144. The molecule has 1 aliphatic heterocycles. The molecule has 1 saturated heterocycles. The van der Waals surface area contributed by atoms with Crippen molar-refractivity contribution in [2.45, 2.75) is 26.3 Å². The summed E-state index contributed by atoms with van der Waals surface area (Å²) in [5.74, 6) is -0.597. The van der Waals surface area contributed by atoms with E-state index in [9.17, 15) is 22.8 Å². The normalized spacial score (nSPS) is 17.2. The molecular formula is C23H23NO8S. The summed E-state index contributed by atoms with van der Waals surface area (Å²) in [6.07, 6.45) is 0.511. The number of hydrogen-bond acceptors (Lipinski definition) is 8. The summed E-state index contributed by atoms with van der Waals surface area (Å²) in [7, 11) is -3.06. The Hall–Kier alpha value is -3.40. The molecule has 9 nitrogen and oxygen atoms in total. The van der Waals surface area contributed by atoms with E-state index in [1.807, 2.05) is 11.5 Å². The molecule has 0 aliphatic carbocycles.